The fraction of sp³-hybridized carbons (Fsp3) is 0.0833. The number of hydrogen-bond donors (Lipinski definition) is 1. The van der Waals surface area contributed by atoms with Gasteiger partial charge in [0.15, 0.2) is 11.5 Å². The Morgan fingerprint density at radius 3 is 2.66 bits per heavy atom. The van der Waals surface area contributed by atoms with E-state index in [4.69, 9.17) is 21.1 Å². The van der Waals surface area contributed by atoms with Gasteiger partial charge in [-0.1, -0.05) is 17.7 Å². The Hall–Kier alpha value is -4.49. The minimum atomic E-state index is -0.667. The van der Waals surface area contributed by atoms with Crippen molar-refractivity contribution in [2.75, 3.05) is 19.0 Å². The van der Waals surface area contributed by atoms with Crippen LogP contribution >= 0.6 is 23.4 Å². The first-order chi connectivity index (χ1) is 18.1. The minimum absolute atomic E-state index is 0.0837. The fourth-order valence-electron chi connectivity index (χ4n) is 3.22. The van der Waals surface area contributed by atoms with Crippen LogP contribution in [0.15, 0.2) is 59.6 Å². The number of thioether (sulfide) groups is 1. The van der Waals surface area contributed by atoms with Crippen molar-refractivity contribution in [3.8, 4) is 17.4 Å². The van der Waals surface area contributed by atoms with Gasteiger partial charge in [-0.2, -0.15) is 0 Å². The molecule has 0 radical (unpaired) electrons. The summed E-state index contributed by atoms with van der Waals surface area (Å²) in [5, 5.41) is 12.4. The van der Waals surface area contributed by atoms with E-state index < -0.39 is 34.3 Å². The van der Waals surface area contributed by atoms with Crippen LogP contribution in [-0.4, -0.2) is 45.5 Å². The van der Waals surface area contributed by atoms with Gasteiger partial charge >= 0.3 is 0 Å². The number of amides is 3. The Labute approximate surface area is 223 Å². The topological polar surface area (TPSA) is 141 Å². The lowest BCUT2D eigenvalue weighted by molar-refractivity contribution is -0.385. The van der Waals surface area contributed by atoms with Crippen molar-refractivity contribution in [3.05, 3.63) is 86.2 Å². The van der Waals surface area contributed by atoms with Crippen LogP contribution in [0.3, 0.4) is 0 Å². The number of benzene rings is 2. The molecule has 11 nitrogen and oxygen atoms in total. The number of methoxy groups -OCH3 is 1. The van der Waals surface area contributed by atoms with Crippen molar-refractivity contribution >= 4 is 57.9 Å². The highest BCUT2D eigenvalue weighted by molar-refractivity contribution is 8.18. The smallest absolute Gasteiger partial charge is 0.294 e. The highest BCUT2D eigenvalue weighted by Gasteiger charge is 2.36. The number of imide groups is 1. The highest BCUT2D eigenvalue weighted by atomic mass is 35.5. The van der Waals surface area contributed by atoms with E-state index in [0.29, 0.717) is 17.3 Å². The summed E-state index contributed by atoms with van der Waals surface area (Å²) in [6.45, 7) is -0.546. The number of anilines is 1. The van der Waals surface area contributed by atoms with Crippen molar-refractivity contribution in [2.24, 2.45) is 0 Å². The number of hydrogen-bond acceptors (Lipinski definition) is 9. The van der Waals surface area contributed by atoms with Gasteiger partial charge in [-0.15, -0.1) is 0 Å². The second kappa shape index (κ2) is 11.3. The van der Waals surface area contributed by atoms with Gasteiger partial charge in [-0.3, -0.25) is 29.4 Å². The molecule has 0 unspecified atom stereocenters. The molecule has 1 aromatic heterocycles. The third-order valence-corrected chi connectivity index (χ3v) is 6.21. The molecule has 0 bridgehead atoms. The van der Waals surface area contributed by atoms with Crippen molar-refractivity contribution in [3.63, 3.8) is 0 Å². The average molecular weight is 559 g/mol. The molecule has 0 atom stereocenters. The second-order valence-corrected chi connectivity index (χ2v) is 8.97. The number of rotatable bonds is 8. The Morgan fingerprint density at radius 2 is 2.00 bits per heavy atom. The van der Waals surface area contributed by atoms with Crippen molar-refractivity contribution in [2.45, 2.75) is 0 Å². The molecule has 3 aromatic rings. The Balaban J connectivity index is 1.45. The molecular formula is C24H16ClFN4O7S. The number of ether oxygens (including phenoxy) is 2. The van der Waals surface area contributed by atoms with E-state index in [2.05, 4.69) is 10.3 Å². The fourth-order valence-corrected chi connectivity index (χ4v) is 4.24. The molecule has 38 heavy (non-hydrogen) atoms. The van der Waals surface area contributed by atoms with Crippen LogP contribution in [0.25, 0.3) is 6.08 Å². The lowest BCUT2D eigenvalue weighted by Gasteiger charge is -2.12. The highest BCUT2D eigenvalue weighted by Crippen LogP contribution is 2.36. The van der Waals surface area contributed by atoms with E-state index in [9.17, 15) is 28.9 Å². The van der Waals surface area contributed by atoms with Crippen molar-refractivity contribution in [1.29, 1.82) is 0 Å². The molecule has 2 heterocycles. The zero-order valence-corrected chi connectivity index (χ0v) is 20.9. The Bertz CT molecular complexity index is 1480. The maximum Gasteiger partial charge on any atom is 0.294 e. The Morgan fingerprint density at radius 1 is 1.21 bits per heavy atom. The normalized spacial score (nSPS) is 14.1. The minimum Gasteiger partial charge on any atom is -0.493 e. The van der Waals surface area contributed by atoms with Gasteiger partial charge in [0.25, 0.3) is 16.8 Å². The van der Waals surface area contributed by atoms with Crippen LogP contribution in [0.2, 0.25) is 5.02 Å². The number of carbonyl (C=O) groups is 3. The van der Waals surface area contributed by atoms with Crippen LogP contribution in [0, 0.1) is 15.9 Å². The van der Waals surface area contributed by atoms with Crippen LogP contribution in [-0.2, 0) is 9.59 Å². The number of pyridine rings is 1. The number of aromatic nitrogens is 1. The van der Waals surface area contributed by atoms with E-state index in [1.807, 2.05) is 0 Å². The van der Waals surface area contributed by atoms with Crippen LogP contribution in [0.5, 0.6) is 17.4 Å². The monoisotopic (exact) mass is 558 g/mol. The molecule has 1 N–H and O–H groups in total. The quantitative estimate of drug-likeness (QED) is 0.222. The molecule has 1 aliphatic rings. The molecule has 1 saturated heterocycles. The summed E-state index contributed by atoms with van der Waals surface area (Å²) in [6, 6.07) is 10.9. The summed E-state index contributed by atoms with van der Waals surface area (Å²) in [4.78, 5) is 52.5. The Kier molecular flexibility index (Phi) is 7.88. The molecule has 1 aliphatic heterocycles. The zero-order valence-electron chi connectivity index (χ0n) is 19.3. The van der Waals surface area contributed by atoms with Gasteiger partial charge in [-0.05, 0) is 53.7 Å². The first-order valence-electron chi connectivity index (χ1n) is 10.6. The van der Waals surface area contributed by atoms with Gasteiger partial charge in [0, 0.05) is 17.8 Å². The van der Waals surface area contributed by atoms with E-state index in [-0.39, 0.29) is 38.7 Å². The molecular weight excluding hydrogens is 543 g/mol. The number of nitro groups is 1. The van der Waals surface area contributed by atoms with Crippen molar-refractivity contribution < 1.29 is 33.2 Å². The largest absolute Gasteiger partial charge is 0.493 e. The van der Waals surface area contributed by atoms with Gasteiger partial charge < -0.3 is 14.8 Å². The molecule has 0 saturated carbocycles. The third kappa shape index (κ3) is 6.07. The molecule has 0 aliphatic carbocycles. The van der Waals surface area contributed by atoms with Gasteiger partial charge in [0.2, 0.25) is 11.8 Å². The SMILES string of the molecule is COc1cc(/C=C2/SC(=O)N(CC(=O)Nc3ccc(F)c(Cl)c3)C2=O)ccc1Oc1ccc([N+](=O)[O-])cn1. The summed E-state index contributed by atoms with van der Waals surface area (Å²) in [6.07, 6.45) is 2.51. The van der Waals surface area contributed by atoms with Crippen LogP contribution < -0.4 is 14.8 Å². The van der Waals surface area contributed by atoms with Crippen LogP contribution in [0.1, 0.15) is 5.56 Å². The number of halogens is 2. The molecule has 4 rings (SSSR count). The summed E-state index contributed by atoms with van der Waals surface area (Å²) < 4.78 is 24.3. The predicted octanol–water partition coefficient (Wildman–Crippen LogP) is 5.26. The van der Waals surface area contributed by atoms with E-state index in [1.165, 1.54) is 37.5 Å². The predicted molar refractivity (Wildman–Crippen MR) is 137 cm³/mol. The lowest BCUT2D eigenvalue weighted by Crippen LogP contribution is -2.36. The molecule has 1 fully saturated rings. The summed E-state index contributed by atoms with van der Waals surface area (Å²) >= 11 is 6.36. The average Bonchev–Trinajstić information content (AvgIpc) is 3.14. The summed E-state index contributed by atoms with van der Waals surface area (Å²) in [7, 11) is 1.40. The summed E-state index contributed by atoms with van der Waals surface area (Å²) in [5.74, 6) is -1.35. The lowest BCUT2D eigenvalue weighted by atomic mass is 10.2. The number of nitrogens with one attached hydrogen (secondary N) is 1. The van der Waals surface area contributed by atoms with Gasteiger partial charge in [-0.25, -0.2) is 9.37 Å². The summed E-state index contributed by atoms with van der Waals surface area (Å²) in [5.41, 5.74) is 0.523. The molecule has 194 valence electrons. The molecule has 3 amide bonds. The standard InChI is InChI=1S/C24H16ClFN4O7S/c1-36-19-8-13(2-6-18(19)37-22-7-4-15(11-27-22)30(34)35)9-20-23(32)29(24(33)38-20)12-21(31)28-14-3-5-17(26)16(25)10-14/h2-11H,12H2,1H3,(H,28,31)/b20-9+. The van der Waals surface area contributed by atoms with E-state index >= 15 is 0 Å². The maximum atomic E-state index is 13.3. The number of nitrogens with zero attached hydrogens (tertiary/aromatic N) is 3. The second-order valence-electron chi connectivity index (χ2n) is 7.57. The zero-order chi connectivity index (χ0) is 27.4. The third-order valence-electron chi connectivity index (χ3n) is 5.01. The molecule has 0 spiro atoms. The van der Waals surface area contributed by atoms with Crippen molar-refractivity contribution in [1.82, 2.24) is 9.88 Å². The first kappa shape index (κ1) is 26.6. The van der Waals surface area contributed by atoms with Gasteiger partial charge in [0.05, 0.1) is 22.0 Å². The molecule has 2 aromatic carbocycles. The maximum absolute atomic E-state index is 13.3. The number of carbonyl (C=O) groups excluding carboxylic acids is 3. The van der Waals surface area contributed by atoms with E-state index in [1.54, 1.807) is 18.2 Å². The molecule has 14 heteroatoms. The van der Waals surface area contributed by atoms with Gasteiger partial charge in [0.1, 0.15) is 18.6 Å². The van der Waals surface area contributed by atoms with E-state index in [0.717, 1.165) is 17.2 Å². The first-order valence-corrected chi connectivity index (χ1v) is 11.8. The van der Waals surface area contributed by atoms with Crippen LogP contribution in [0.4, 0.5) is 20.6 Å².